The van der Waals surface area contributed by atoms with E-state index in [4.69, 9.17) is 11.6 Å². The van der Waals surface area contributed by atoms with E-state index < -0.39 is 0 Å². The summed E-state index contributed by atoms with van der Waals surface area (Å²) >= 11 is 5.93. The van der Waals surface area contributed by atoms with E-state index in [0.717, 1.165) is 11.1 Å². The van der Waals surface area contributed by atoms with Crippen LogP contribution >= 0.6 is 11.6 Å². The summed E-state index contributed by atoms with van der Waals surface area (Å²) in [7, 11) is 0. The van der Waals surface area contributed by atoms with Gasteiger partial charge in [-0.15, -0.1) is 0 Å². The van der Waals surface area contributed by atoms with E-state index >= 15 is 0 Å². The second-order valence-electron chi connectivity index (χ2n) is 3.93. The van der Waals surface area contributed by atoms with Gasteiger partial charge < -0.3 is 0 Å². The molecule has 0 saturated carbocycles. The number of hydrogen-bond acceptors (Lipinski definition) is 5. The number of aromatic nitrogens is 6. The Kier molecular flexibility index (Phi) is 2.92. The first-order valence-electron chi connectivity index (χ1n) is 5.56. The average Bonchev–Trinajstić information content (AvgIpc) is 2.92. The Morgan fingerprint density at radius 1 is 1.16 bits per heavy atom. The van der Waals surface area contributed by atoms with Crippen LogP contribution in [0.3, 0.4) is 0 Å². The Bertz CT molecular complexity index is 710. The molecule has 7 heteroatoms. The number of nitrogens with zero attached hydrogens (tertiary/aromatic N) is 6. The highest BCUT2D eigenvalue weighted by Gasteiger charge is 2.09. The molecular weight excluding hydrogens is 264 g/mol. The van der Waals surface area contributed by atoms with Crippen molar-refractivity contribution in [2.24, 2.45) is 0 Å². The summed E-state index contributed by atoms with van der Waals surface area (Å²) in [5.41, 5.74) is 1.81. The second kappa shape index (κ2) is 4.74. The van der Waals surface area contributed by atoms with Crippen LogP contribution < -0.4 is 0 Å². The highest BCUT2D eigenvalue weighted by atomic mass is 35.5. The summed E-state index contributed by atoms with van der Waals surface area (Å²) in [6.45, 7) is 1.95. The molecule has 0 aliphatic carbocycles. The predicted molar refractivity (Wildman–Crippen MR) is 69.9 cm³/mol. The molecule has 0 spiro atoms. The minimum atomic E-state index is 0.122. The normalized spacial score (nSPS) is 10.6. The Labute approximate surface area is 114 Å². The van der Waals surface area contributed by atoms with Crippen molar-refractivity contribution in [2.45, 2.75) is 6.92 Å². The lowest BCUT2D eigenvalue weighted by atomic mass is 10.2. The monoisotopic (exact) mass is 272 g/mol. The molecule has 3 rings (SSSR count). The van der Waals surface area contributed by atoms with E-state index in [0.29, 0.717) is 11.8 Å². The van der Waals surface area contributed by atoms with Crippen LogP contribution in [0.1, 0.15) is 5.56 Å². The first-order chi connectivity index (χ1) is 9.22. The van der Waals surface area contributed by atoms with Gasteiger partial charge in [0.1, 0.15) is 0 Å². The third-order valence-corrected chi connectivity index (χ3v) is 2.61. The van der Waals surface area contributed by atoms with Gasteiger partial charge in [0.25, 0.3) is 5.95 Å². The van der Waals surface area contributed by atoms with E-state index in [1.54, 1.807) is 30.9 Å². The van der Waals surface area contributed by atoms with Gasteiger partial charge in [0, 0.05) is 30.4 Å². The molecule has 3 aromatic heterocycles. The van der Waals surface area contributed by atoms with Gasteiger partial charge in [-0.2, -0.15) is 20.1 Å². The first kappa shape index (κ1) is 11.7. The van der Waals surface area contributed by atoms with Crippen LogP contribution in [0.25, 0.3) is 17.3 Å². The Morgan fingerprint density at radius 3 is 2.79 bits per heavy atom. The standard InChI is InChI=1S/C12H9ClN6/c1-8-5-9(7-14-6-8)10-16-11(13)18-12(17-10)19-4-2-3-15-19/h2-7H,1H3. The van der Waals surface area contributed by atoms with E-state index in [1.807, 2.05) is 13.0 Å². The van der Waals surface area contributed by atoms with Gasteiger partial charge in [0.15, 0.2) is 5.82 Å². The van der Waals surface area contributed by atoms with Gasteiger partial charge in [-0.1, -0.05) is 0 Å². The lowest BCUT2D eigenvalue weighted by Gasteiger charge is -2.04. The fourth-order valence-corrected chi connectivity index (χ4v) is 1.79. The highest BCUT2D eigenvalue weighted by Crippen LogP contribution is 2.17. The number of halogens is 1. The quantitative estimate of drug-likeness (QED) is 0.714. The van der Waals surface area contributed by atoms with Crippen molar-refractivity contribution in [1.29, 1.82) is 0 Å². The van der Waals surface area contributed by atoms with Gasteiger partial charge in [-0.3, -0.25) is 4.98 Å². The largest absolute Gasteiger partial charge is 0.264 e. The van der Waals surface area contributed by atoms with Crippen LogP contribution in [-0.4, -0.2) is 29.7 Å². The third kappa shape index (κ3) is 2.43. The van der Waals surface area contributed by atoms with Crippen LogP contribution in [-0.2, 0) is 0 Å². The molecule has 0 aliphatic heterocycles. The minimum Gasteiger partial charge on any atom is -0.264 e. The SMILES string of the molecule is Cc1cncc(-c2nc(Cl)nc(-n3cccn3)n2)c1. The van der Waals surface area contributed by atoms with Crippen molar-refractivity contribution in [1.82, 2.24) is 29.7 Å². The predicted octanol–water partition coefficient (Wildman–Crippen LogP) is 2.08. The zero-order valence-electron chi connectivity index (χ0n) is 10.0. The fraction of sp³-hybridized carbons (Fsp3) is 0.0833. The molecule has 0 N–H and O–H groups in total. The molecule has 0 aliphatic rings. The van der Waals surface area contributed by atoms with Gasteiger partial charge in [-0.25, -0.2) is 4.68 Å². The summed E-state index contributed by atoms with van der Waals surface area (Å²) in [5.74, 6) is 0.850. The molecule has 0 atom stereocenters. The van der Waals surface area contributed by atoms with Crippen molar-refractivity contribution >= 4 is 11.6 Å². The van der Waals surface area contributed by atoms with Gasteiger partial charge in [0.05, 0.1) is 0 Å². The number of rotatable bonds is 2. The van der Waals surface area contributed by atoms with Crippen molar-refractivity contribution in [2.75, 3.05) is 0 Å². The summed E-state index contributed by atoms with van der Waals surface area (Å²) < 4.78 is 1.53. The van der Waals surface area contributed by atoms with Gasteiger partial charge >= 0.3 is 0 Å². The summed E-state index contributed by atoms with van der Waals surface area (Å²) in [5, 5.41) is 4.19. The molecule has 0 bridgehead atoms. The Balaban J connectivity index is 2.12. The minimum absolute atomic E-state index is 0.122. The molecule has 0 radical (unpaired) electrons. The lowest BCUT2D eigenvalue weighted by molar-refractivity contribution is 0.797. The molecule has 3 aromatic rings. The molecule has 0 unspecified atom stereocenters. The molecule has 0 fully saturated rings. The first-order valence-corrected chi connectivity index (χ1v) is 5.94. The van der Waals surface area contributed by atoms with Crippen LogP contribution in [0, 0.1) is 6.92 Å². The Hall–Kier alpha value is -2.34. The topological polar surface area (TPSA) is 69.4 Å². The van der Waals surface area contributed by atoms with Crippen molar-refractivity contribution < 1.29 is 0 Å². The summed E-state index contributed by atoms with van der Waals surface area (Å²) in [6.07, 6.45) is 6.84. The van der Waals surface area contributed by atoms with Gasteiger partial charge in [0.2, 0.25) is 5.28 Å². The molecule has 6 nitrogen and oxygen atoms in total. The lowest BCUT2D eigenvalue weighted by Crippen LogP contribution is -2.05. The molecule has 0 amide bonds. The smallest absolute Gasteiger partial charge is 0.255 e. The Morgan fingerprint density at radius 2 is 2.05 bits per heavy atom. The molecule has 94 valence electrons. The van der Waals surface area contributed by atoms with Crippen LogP contribution in [0.2, 0.25) is 5.28 Å². The summed E-state index contributed by atoms with van der Waals surface area (Å²) in [4.78, 5) is 16.6. The van der Waals surface area contributed by atoms with E-state index in [9.17, 15) is 0 Å². The highest BCUT2D eigenvalue weighted by molar-refractivity contribution is 6.28. The molecule has 19 heavy (non-hydrogen) atoms. The molecular formula is C12H9ClN6. The summed E-state index contributed by atoms with van der Waals surface area (Å²) in [6, 6.07) is 3.72. The maximum atomic E-state index is 5.93. The fourth-order valence-electron chi connectivity index (χ4n) is 1.64. The molecule has 0 saturated heterocycles. The third-order valence-electron chi connectivity index (χ3n) is 2.44. The van der Waals surface area contributed by atoms with Crippen molar-refractivity contribution in [3.05, 3.63) is 47.8 Å². The van der Waals surface area contributed by atoms with E-state index in [-0.39, 0.29) is 5.28 Å². The number of aryl methyl sites for hydroxylation is 1. The van der Waals surface area contributed by atoms with Crippen LogP contribution in [0.15, 0.2) is 36.9 Å². The maximum Gasteiger partial charge on any atom is 0.255 e. The zero-order valence-corrected chi connectivity index (χ0v) is 10.8. The second-order valence-corrected chi connectivity index (χ2v) is 4.27. The van der Waals surface area contributed by atoms with Crippen LogP contribution in [0.4, 0.5) is 0 Å². The number of hydrogen-bond donors (Lipinski definition) is 0. The van der Waals surface area contributed by atoms with Crippen molar-refractivity contribution in [3.63, 3.8) is 0 Å². The molecule has 0 aromatic carbocycles. The van der Waals surface area contributed by atoms with Gasteiger partial charge in [-0.05, 0) is 36.2 Å². The van der Waals surface area contributed by atoms with E-state index in [1.165, 1.54) is 4.68 Å². The number of pyridine rings is 1. The molecule has 3 heterocycles. The van der Waals surface area contributed by atoms with Crippen molar-refractivity contribution in [3.8, 4) is 17.3 Å². The van der Waals surface area contributed by atoms with Crippen LogP contribution in [0.5, 0.6) is 0 Å². The maximum absolute atomic E-state index is 5.93. The van der Waals surface area contributed by atoms with E-state index in [2.05, 4.69) is 25.0 Å². The zero-order chi connectivity index (χ0) is 13.2. The average molecular weight is 273 g/mol.